The molecule has 3 rings (SSSR count). The molecular weight excluding hydrogens is 331 g/mol. The van der Waals surface area contributed by atoms with Crippen molar-refractivity contribution in [1.29, 1.82) is 0 Å². The summed E-state index contributed by atoms with van der Waals surface area (Å²) in [6, 6.07) is 10.6. The lowest BCUT2D eigenvalue weighted by atomic mass is 10.0. The summed E-state index contributed by atoms with van der Waals surface area (Å²) in [5.74, 6) is -0.503. The van der Waals surface area contributed by atoms with E-state index in [0.29, 0.717) is 23.2 Å². The molecule has 1 aliphatic heterocycles. The van der Waals surface area contributed by atoms with Gasteiger partial charge in [0.05, 0.1) is 0 Å². The summed E-state index contributed by atoms with van der Waals surface area (Å²) in [5, 5.41) is 12.8. The molecular formula is C21H25FN2O2. The lowest BCUT2D eigenvalue weighted by Gasteiger charge is -2.14. The number of halogens is 1. The van der Waals surface area contributed by atoms with Gasteiger partial charge in [-0.2, -0.15) is 0 Å². The lowest BCUT2D eigenvalue weighted by Crippen LogP contribution is -2.26. The van der Waals surface area contributed by atoms with E-state index in [4.69, 9.17) is 0 Å². The van der Waals surface area contributed by atoms with Crippen LogP contribution in [0.3, 0.4) is 0 Å². The molecule has 26 heavy (non-hydrogen) atoms. The molecule has 138 valence electrons. The third kappa shape index (κ3) is 4.82. The highest BCUT2D eigenvalue weighted by Crippen LogP contribution is 2.29. The second-order valence-corrected chi connectivity index (χ2v) is 6.75. The zero-order valence-corrected chi connectivity index (χ0v) is 14.9. The molecule has 1 heterocycles. The number of phenols is 1. The van der Waals surface area contributed by atoms with E-state index in [1.165, 1.54) is 44.1 Å². The lowest BCUT2D eigenvalue weighted by molar-refractivity contribution is 0.0952. The maximum atomic E-state index is 13.4. The van der Waals surface area contributed by atoms with Crippen LogP contribution in [0.1, 0.15) is 36.0 Å². The number of phenolic OH excluding ortho intramolecular Hbond substituents is 1. The minimum atomic E-state index is -0.409. The molecule has 0 atom stereocenters. The number of carbonyl (C=O) groups excluding carboxylic acids is 1. The van der Waals surface area contributed by atoms with Gasteiger partial charge < -0.3 is 15.3 Å². The smallest absolute Gasteiger partial charge is 0.251 e. The van der Waals surface area contributed by atoms with Crippen molar-refractivity contribution in [1.82, 2.24) is 10.2 Å². The van der Waals surface area contributed by atoms with Crippen molar-refractivity contribution in [3.8, 4) is 16.9 Å². The van der Waals surface area contributed by atoms with Gasteiger partial charge in [-0.15, -0.1) is 0 Å². The predicted octanol–water partition coefficient (Wildman–Crippen LogP) is 3.80. The second kappa shape index (κ2) is 8.81. The summed E-state index contributed by atoms with van der Waals surface area (Å²) in [7, 11) is 0. The molecule has 2 aromatic carbocycles. The topological polar surface area (TPSA) is 52.6 Å². The van der Waals surface area contributed by atoms with Crippen LogP contribution in [0.4, 0.5) is 4.39 Å². The van der Waals surface area contributed by atoms with Crippen molar-refractivity contribution in [2.45, 2.75) is 25.7 Å². The van der Waals surface area contributed by atoms with Crippen LogP contribution in [-0.4, -0.2) is 42.1 Å². The maximum Gasteiger partial charge on any atom is 0.251 e. The molecule has 0 saturated carbocycles. The first-order valence-electron chi connectivity index (χ1n) is 9.23. The zero-order valence-electron chi connectivity index (χ0n) is 14.9. The monoisotopic (exact) mass is 356 g/mol. The van der Waals surface area contributed by atoms with Crippen LogP contribution in [0.25, 0.3) is 11.1 Å². The number of benzene rings is 2. The number of hydrogen-bond acceptors (Lipinski definition) is 3. The highest BCUT2D eigenvalue weighted by atomic mass is 19.1. The van der Waals surface area contributed by atoms with Gasteiger partial charge in [0.2, 0.25) is 0 Å². The Morgan fingerprint density at radius 1 is 1.08 bits per heavy atom. The number of amides is 1. The molecule has 1 fully saturated rings. The fourth-order valence-corrected chi connectivity index (χ4v) is 3.31. The average Bonchev–Trinajstić information content (AvgIpc) is 3.17. The van der Waals surface area contributed by atoms with Gasteiger partial charge in [-0.25, -0.2) is 4.39 Å². The number of unbranched alkanes of at least 4 members (excludes halogenated alkanes) is 1. The highest BCUT2D eigenvalue weighted by molar-refractivity contribution is 5.94. The molecule has 1 saturated heterocycles. The van der Waals surface area contributed by atoms with E-state index in [1.54, 1.807) is 24.3 Å². The Kier molecular flexibility index (Phi) is 6.23. The van der Waals surface area contributed by atoms with Crippen LogP contribution in [0, 0.1) is 5.82 Å². The summed E-state index contributed by atoms with van der Waals surface area (Å²) in [6.45, 7) is 4.19. The average molecular weight is 356 g/mol. The van der Waals surface area contributed by atoms with Crippen molar-refractivity contribution in [3.05, 3.63) is 53.8 Å². The van der Waals surface area contributed by atoms with Gasteiger partial charge in [0.15, 0.2) is 0 Å². The van der Waals surface area contributed by atoms with Crippen molar-refractivity contribution in [2.24, 2.45) is 0 Å². The van der Waals surface area contributed by atoms with Crippen LogP contribution >= 0.6 is 0 Å². The van der Waals surface area contributed by atoms with Gasteiger partial charge in [-0.3, -0.25) is 4.79 Å². The molecule has 0 radical (unpaired) electrons. The largest absolute Gasteiger partial charge is 0.507 e. The summed E-state index contributed by atoms with van der Waals surface area (Å²) in [6.07, 6.45) is 4.68. The molecule has 0 spiro atoms. The Labute approximate surface area is 153 Å². The number of likely N-dealkylation sites (tertiary alicyclic amines) is 1. The molecule has 4 nitrogen and oxygen atoms in total. The fraction of sp³-hybridized carbons (Fsp3) is 0.381. The summed E-state index contributed by atoms with van der Waals surface area (Å²) in [4.78, 5) is 14.7. The van der Waals surface area contributed by atoms with Crippen molar-refractivity contribution in [2.75, 3.05) is 26.2 Å². The van der Waals surface area contributed by atoms with E-state index >= 15 is 0 Å². The number of carbonyl (C=O) groups is 1. The Balaban J connectivity index is 1.48. The summed E-state index contributed by atoms with van der Waals surface area (Å²) in [5.41, 5.74) is 1.65. The van der Waals surface area contributed by atoms with E-state index in [-0.39, 0.29) is 11.7 Å². The number of rotatable bonds is 7. The number of hydrogen-bond donors (Lipinski definition) is 2. The number of aromatic hydroxyl groups is 1. The molecule has 0 bridgehead atoms. The first-order valence-corrected chi connectivity index (χ1v) is 9.23. The molecule has 0 aliphatic carbocycles. The van der Waals surface area contributed by atoms with Crippen LogP contribution in [-0.2, 0) is 0 Å². The first kappa shape index (κ1) is 18.4. The van der Waals surface area contributed by atoms with Crippen LogP contribution < -0.4 is 5.32 Å². The first-order chi connectivity index (χ1) is 12.6. The standard InChI is InChI=1S/C21H25FN2O2/c22-18-9-10-20(25)19(15-18)16-5-7-17(8-6-16)21(26)23-11-1-2-12-24-13-3-4-14-24/h5-10,15,25H,1-4,11-14H2,(H,23,26). The van der Waals surface area contributed by atoms with E-state index in [0.717, 1.165) is 19.4 Å². The van der Waals surface area contributed by atoms with E-state index in [2.05, 4.69) is 10.2 Å². The summed E-state index contributed by atoms with van der Waals surface area (Å²) >= 11 is 0. The molecule has 2 aromatic rings. The zero-order chi connectivity index (χ0) is 18.4. The van der Waals surface area contributed by atoms with E-state index in [9.17, 15) is 14.3 Å². The van der Waals surface area contributed by atoms with Crippen molar-refractivity contribution >= 4 is 5.91 Å². The molecule has 0 aromatic heterocycles. The molecule has 1 amide bonds. The normalized spacial score (nSPS) is 14.5. The third-order valence-corrected chi connectivity index (χ3v) is 4.80. The molecule has 1 aliphatic rings. The summed E-state index contributed by atoms with van der Waals surface area (Å²) < 4.78 is 13.4. The Bertz CT molecular complexity index is 740. The predicted molar refractivity (Wildman–Crippen MR) is 101 cm³/mol. The molecule has 0 unspecified atom stereocenters. The van der Waals surface area contributed by atoms with Crippen molar-refractivity contribution in [3.63, 3.8) is 0 Å². The Morgan fingerprint density at radius 2 is 1.81 bits per heavy atom. The molecule has 5 heteroatoms. The van der Waals surface area contributed by atoms with Gasteiger partial charge in [-0.1, -0.05) is 12.1 Å². The van der Waals surface area contributed by atoms with Gasteiger partial charge in [0.25, 0.3) is 5.91 Å². The SMILES string of the molecule is O=C(NCCCCN1CCCC1)c1ccc(-c2cc(F)ccc2O)cc1. The van der Waals surface area contributed by atoms with Gasteiger partial charge in [-0.05, 0) is 81.2 Å². The third-order valence-electron chi connectivity index (χ3n) is 4.80. The number of nitrogens with zero attached hydrogens (tertiary/aromatic N) is 1. The van der Waals surface area contributed by atoms with Crippen LogP contribution in [0.15, 0.2) is 42.5 Å². The van der Waals surface area contributed by atoms with E-state index in [1.807, 2.05) is 0 Å². The van der Waals surface area contributed by atoms with Crippen LogP contribution in [0.2, 0.25) is 0 Å². The number of nitrogens with one attached hydrogen (secondary N) is 1. The van der Waals surface area contributed by atoms with Gasteiger partial charge in [0, 0.05) is 17.7 Å². The highest BCUT2D eigenvalue weighted by Gasteiger charge is 2.11. The van der Waals surface area contributed by atoms with E-state index < -0.39 is 5.82 Å². The van der Waals surface area contributed by atoms with Crippen LogP contribution in [0.5, 0.6) is 5.75 Å². The van der Waals surface area contributed by atoms with Gasteiger partial charge in [0.1, 0.15) is 11.6 Å². The maximum absolute atomic E-state index is 13.4. The van der Waals surface area contributed by atoms with Crippen molar-refractivity contribution < 1.29 is 14.3 Å². The quantitative estimate of drug-likeness (QED) is 0.742. The van der Waals surface area contributed by atoms with Gasteiger partial charge >= 0.3 is 0 Å². The fourth-order valence-electron chi connectivity index (χ4n) is 3.31. The second-order valence-electron chi connectivity index (χ2n) is 6.75. The molecule has 2 N–H and O–H groups in total. The minimum Gasteiger partial charge on any atom is -0.507 e. The minimum absolute atomic E-state index is 0.0154. The Hall–Kier alpha value is -2.40. The Morgan fingerprint density at radius 3 is 2.54 bits per heavy atom.